The minimum Gasteiger partial charge on any atom is -0.493 e. The molecule has 1 aliphatic heterocycles. The number of benzene rings is 2. The third kappa shape index (κ3) is 2.72. The average molecular weight is 352 g/mol. The Balaban J connectivity index is 1.82. The molecule has 2 unspecified atom stereocenters. The average Bonchev–Trinajstić information content (AvgIpc) is 2.89. The number of hydrogen-bond acceptors (Lipinski definition) is 1. The summed E-state index contributed by atoms with van der Waals surface area (Å²) in [5, 5.41) is 1.76. The second-order valence-corrected chi connectivity index (χ2v) is 6.21. The molecule has 20 heavy (non-hydrogen) atoms. The largest absolute Gasteiger partial charge is 0.493 e. The van der Waals surface area contributed by atoms with E-state index in [0.717, 1.165) is 29.1 Å². The standard InChI is InChI=1S/C17H16BrClO/c18-10-12(14-5-1-3-7-16(14)19)9-13-11-20-17-8-4-2-6-15(13)17/h1-8,12-13H,9-11H2. The SMILES string of the molecule is Clc1ccccc1C(CBr)CC1COc2ccccc21. The number of rotatable bonds is 4. The van der Waals surface area contributed by atoms with Crippen LogP contribution < -0.4 is 4.74 Å². The Kier molecular flexibility index (Phi) is 4.32. The van der Waals surface area contributed by atoms with Gasteiger partial charge in [0.2, 0.25) is 0 Å². The van der Waals surface area contributed by atoms with E-state index in [-0.39, 0.29) is 0 Å². The Labute approximate surface area is 133 Å². The zero-order valence-electron chi connectivity index (χ0n) is 11.1. The van der Waals surface area contributed by atoms with E-state index >= 15 is 0 Å². The van der Waals surface area contributed by atoms with Crippen LogP contribution in [-0.4, -0.2) is 11.9 Å². The normalized spacial score (nSPS) is 18.4. The molecule has 0 amide bonds. The van der Waals surface area contributed by atoms with E-state index in [1.807, 2.05) is 24.3 Å². The molecule has 2 atom stereocenters. The van der Waals surface area contributed by atoms with Gasteiger partial charge in [-0.2, -0.15) is 0 Å². The molecule has 2 aromatic rings. The van der Waals surface area contributed by atoms with E-state index in [2.05, 4.69) is 40.2 Å². The van der Waals surface area contributed by atoms with Crippen LogP contribution in [0.3, 0.4) is 0 Å². The fourth-order valence-electron chi connectivity index (χ4n) is 2.85. The highest BCUT2D eigenvalue weighted by Crippen LogP contribution is 2.41. The zero-order chi connectivity index (χ0) is 13.9. The van der Waals surface area contributed by atoms with Crippen LogP contribution in [0.4, 0.5) is 0 Å². The van der Waals surface area contributed by atoms with Gasteiger partial charge in [0.25, 0.3) is 0 Å². The van der Waals surface area contributed by atoms with Crippen LogP contribution in [-0.2, 0) is 0 Å². The van der Waals surface area contributed by atoms with Gasteiger partial charge in [-0.3, -0.25) is 0 Å². The van der Waals surface area contributed by atoms with Crippen LogP contribution >= 0.6 is 27.5 Å². The summed E-state index contributed by atoms with van der Waals surface area (Å²) in [5.41, 5.74) is 2.54. The Morgan fingerprint density at radius 1 is 1.15 bits per heavy atom. The molecule has 0 aromatic heterocycles. The fourth-order valence-corrected chi connectivity index (χ4v) is 3.75. The minimum atomic E-state index is 0.406. The second kappa shape index (κ2) is 6.19. The van der Waals surface area contributed by atoms with Gasteiger partial charge in [-0.1, -0.05) is 63.9 Å². The van der Waals surface area contributed by atoms with Crippen LogP contribution in [0.2, 0.25) is 5.02 Å². The minimum absolute atomic E-state index is 0.406. The summed E-state index contributed by atoms with van der Waals surface area (Å²) in [4.78, 5) is 0. The lowest BCUT2D eigenvalue weighted by Gasteiger charge is -2.19. The maximum atomic E-state index is 6.33. The van der Waals surface area contributed by atoms with Crippen molar-refractivity contribution in [1.82, 2.24) is 0 Å². The molecule has 3 rings (SSSR count). The van der Waals surface area contributed by atoms with Gasteiger partial charge in [0, 0.05) is 21.8 Å². The van der Waals surface area contributed by atoms with Crippen molar-refractivity contribution in [2.45, 2.75) is 18.3 Å². The first-order chi connectivity index (χ1) is 9.79. The van der Waals surface area contributed by atoms with E-state index in [1.165, 1.54) is 11.1 Å². The first-order valence-corrected chi connectivity index (χ1v) is 8.31. The number of halogens is 2. The van der Waals surface area contributed by atoms with Gasteiger partial charge < -0.3 is 4.74 Å². The van der Waals surface area contributed by atoms with Crippen molar-refractivity contribution in [3.8, 4) is 5.75 Å². The molecule has 104 valence electrons. The van der Waals surface area contributed by atoms with Gasteiger partial charge >= 0.3 is 0 Å². The van der Waals surface area contributed by atoms with Gasteiger partial charge in [-0.05, 0) is 30.0 Å². The molecular weight excluding hydrogens is 336 g/mol. The van der Waals surface area contributed by atoms with E-state index in [0.29, 0.717) is 11.8 Å². The van der Waals surface area contributed by atoms with Crippen molar-refractivity contribution in [1.29, 1.82) is 0 Å². The summed E-state index contributed by atoms with van der Waals surface area (Å²) in [5.74, 6) is 1.89. The Bertz CT molecular complexity index is 599. The van der Waals surface area contributed by atoms with Crippen LogP contribution in [0.5, 0.6) is 5.75 Å². The molecule has 0 aliphatic carbocycles. The monoisotopic (exact) mass is 350 g/mol. The highest BCUT2D eigenvalue weighted by molar-refractivity contribution is 9.09. The summed E-state index contributed by atoms with van der Waals surface area (Å²) >= 11 is 9.97. The number of para-hydroxylation sites is 1. The van der Waals surface area contributed by atoms with Gasteiger partial charge in [-0.25, -0.2) is 0 Å². The second-order valence-electron chi connectivity index (χ2n) is 5.15. The van der Waals surface area contributed by atoms with E-state index in [4.69, 9.17) is 16.3 Å². The molecule has 1 nitrogen and oxygen atoms in total. The van der Waals surface area contributed by atoms with Crippen molar-refractivity contribution in [3.63, 3.8) is 0 Å². The predicted octanol–water partition coefficient (Wildman–Crippen LogP) is 5.38. The van der Waals surface area contributed by atoms with Crippen LogP contribution in [0.1, 0.15) is 29.4 Å². The van der Waals surface area contributed by atoms with Crippen molar-refractivity contribution in [2.75, 3.05) is 11.9 Å². The Hall–Kier alpha value is -0.990. The van der Waals surface area contributed by atoms with E-state index in [9.17, 15) is 0 Å². The van der Waals surface area contributed by atoms with Gasteiger partial charge in [0.05, 0.1) is 6.61 Å². The predicted molar refractivity (Wildman–Crippen MR) is 87.3 cm³/mol. The van der Waals surface area contributed by atoms with E-state index in [1.54, 1.807) is 0 Å². The highest BCUT2D eigenvalue weighted by Gasteiger charge is 2.27. The van der Waals surface area contributed by atoms with Crippen molar-refractivity contribution in [3.05, 3.63) is 64.7 Å². The molecule has 0 spiro atoms. The van der Waals surface area contributed by atoms with Crippen molar-refractivity contribution in [2.24, 2.45) is 0 Å². The lowest BCUT2D eigenvalue weighted by molar-refractivity contribution is 0.320. The van der Waals surface area contributed by atoms with Gasteiger partial charge in [0.15, 0.2) is 0 Å². The third-order valence-corrected chi connectivity index (χ3v) is 5.02. The fraction of sp³-hybridized carbons (Fsp3) is 0.294. The molecule has 0 bridgehead atoms. The number of alkyl halides is 1. The third-order valence-electron chi connectivity index (χ3n) is 3.90. The molecule has 3 heteroatoms. The molecule has 2 aromatic carbocycles. The Morgan fingerprint density at radius 3 is 2.70 bits per heavy atom. The van der Waals surface area contributed by atoms with E-state index < -0.39 is 0 Å². The molecular formula is C17H16BrClO. The summed E-state index contributed by atoms with van der Waals surface area (Å²) in [6.45, 7) is 0.771. The maximum absolute atomic E-state index is 6.33. The van der Waals surface area contributed by atoms with Crippen molar-refractivity contribution >= 4 is 27.5 Å². The lowest BCUT2D eigenvalue weighted by Crippen LogP contribution is -2.09. The molecule has 0 radical (unpaired) electrons. The topological polar surface area (TPSA) is 9.23 Å². The molecule has 1 heterocycles. The zero-order valence-corrected chi connectivity index (χ0v) is 13.4. The summed E-state index contributed by atoms with van der Waals surface area (Å²) in [7, 11) is 0. The van der Waals surface area contributed by atoms with Gasteiger partial charge in [0.1, 0.15) is 5.75 Å². The lowest BCUT2D eigenvalue weighted by atomic mass is 9.87. The highest BCUT2D eigenvalue weighted by atomic mass is 79.9. The summed E-state index contributed by atoms with van der Waals surface area (Å²) < 4.78 is 5.77. The Morgan fingerprint density at radius 2 is 1.90 bits per heavy atom. The van der Waals surface area contributed by atoms with Crippen LogP contribution in [0.25, 0.3) is 0 Å². The molecule has 0 saturated carbocycles. The quantitative estimate of drug-likeness (QED) is 0.672. The maximum Gasteiger partial charge on any atom is 0.122 e. The number of ether oxygens (including phenoxy) is 1. The smallest absolute Gasteiger partial charge is 0.122 e. The molecule has 0 N–H and O–H groups in total. The van der Waals surface area contributed by atoms with Crippen LogP contribution in [0.15, 0.2) is 48.5 Å². The van der Waals surface area contributed by atoms with Crippen molar-refractivity contribution < 1.29 is 4.74 Å². The number of hydrogen-bond donors (Lipinski definition) is 0. The molecule has 0 saturated heterocycles. The number of fused-ring (bicyclic) bond motifs is 1. The molecule has 0 fully saturated rings. The first-order valence-electron chi connectivity index (χ1n) is 6.81. The van der Waals surface area contributed by atoms with Crippen LogP contribution in [0, 0.1) is 0 Å². The summed E-state index contributed by atoms with van der Waals surface area (Å²) in [6.07, 6.45) is 1.05. The summed E-state index contributed by atoms with van der Waals surface area (Å²) in [6, 6.07) is 16.4. The molecule has 1 aliphatic rings. The first kappa shape index (κ1) is 14.0. The van der Waals surface area contributed by atoms with Gasteiger partial charge in [-0.15, -0.1) is 0 Å².